The number of Topliss-reactive ketones (excluding diaryl/α,β-unsaturated/α-hetero) is 1. The fourth-order valence-corrected chi connectivity index (χ4v) is 2.40. The largest absolute Gasteiger partial charge is 0.325 e. The molecule has 0 N–H and O–H groups in total. The van der Waals surface area contributed by atoms with Crippen LogP contribution < -0.4 is 0 Å². The minimum atomic E-state index is 0. The third-order valence-corrected chi connectivity index (χ3v) is 3.67. The Hall–Kier alpha value is -2.13. The molecule has 0 aromatic heterocycles. The first-order valence-corrected chi connectivity index (χ1v) is 6.67. The van der Waals surface area contributed by atoms with Crippen molar-refractivity contribution in [2.75, 3.05) is 0 Å². The predicted octanol–water partition coefficient (Wildman–Crippen LogP) is 3.91. The van der Waals surface area contributed by atoms with E-state index in [1.807, 2.05) is 60.2 Å². The summed E-state index contributed by atoms with van der Waals surface area (Å²) >= 11 is 0. The molecule has 0 fully saturated rings. The number of nitrogens with zero attached hydrogens (tertiary/aromatic N) is 2. The Bertz CT molecular complexity index is 734. The fraction of sp³-hybridized carbons (Fsp3) is 0.176. The second-order valence-corrected chi connectivity index (χ2v) is 4.98. The van der Waals surface area contributed by atoms with Crippen LogP contribution in [-0.4, -0.2) is 15.3 Å². The molecule has 0 saturated heterocycles. The van der Waals surface area contributed by atoms with Crippen molar-refractivity contribution in [3.63, 3.8) is 0 Å². The summed E-state index contributed by atoms with van der Waals surface area (Å²) in [4.78, 5) is 16.9. The van der Waals surface area contributed by atoms with E-state index in [4.69, 9.17) is 0 Å². The highest BCUT2D eigenvalue weighted by molar-refractivity contribution is 5.96. The molecule has 0 bridgehead atoms. The molecule has 21 heavy (non-hydrogen) atoms. The maximum Gasteiger partial charge on any atom is 0.182 e. The molecule has 108 valence electrons. The number of halogens is 1. The molecular weight excluding hydrogens is 284 g/mol. The van der Waals surface area contributed by atoms with Gasteiger partial charge in [-0.25, -0.2) is 4.98 Å². The highest BCUT2D eigenvalue weighted by Gasteiger charge is 2.16. The lowest BCUT2D eigenvalue weighted by Gasteiger charge is -2.11. The number of ketones is 1. The van der Waals surface area contributed by atoms with Crippen molar-refractivity contribution in [3.8, 4) is 11.4 Å². The average Bonchev–Trinajstić information content (AvgIpc) is 2.77. The molecule has 2 aliphatic heterocycles. The number of aromatic nitrogens is 2. The van der Waals surface area contributed by atoms with Crippen molar-refractivity contribution < 1.29 is 4.79 Å². The monoisotopic (exact) mass is 300 g/mol. The molecular formula is C17H17ClN2O. The smallest absolute Gasteiger partial charge is 0.182 e. The first kappa shape index (κ1) is 15.3. The van der Waals surface area contributed by atoms with Crippen molar-refractivity contribution in [1.29, 1.82) is 0 Å². The number of carbonyl (C=O) groups is 1. The maximum atomic E-state index is 12.3. The van der Waals surface area contributed by atoms with Crippen molar-refractivity contribution in [3.05, 3.63) is 65.5 Å². The van der Waals surface area contributed by atoms with Crippen molar-refractivity contribution in [2.24, 2.45) is 0 Å². The molecule has 0 aliphatic carbocycles. The first-order valence-electron chi connectivity index (χ1n) is 6.67. The number of hydrogen-bond acceptors (Lipinski definition) is 2. The number of fused-ring (bicyclic) bond motifs is 1. The molecule has 2 heterocycles. The van der Waals surface area contributed by atoms with E-state index in [0.717, 1.165) is 22.6 Å². The SMILES string of the molecule is Cc1nc2n(CC(=O)c3ccccc3)cccc-2c1C.Cl. The van der Waals surface area contributed by atoms with Gasteiger partial charge in [0.25, 0.3) is 0 Å². The minimum absolute atomic E-state index is 0. The molecule has 0 spiro atoms. The van der Waals surface area contributed by atoms with Crippen LogP contribution >= 0.6 is 12.4 Å². The Morgan fingerprint density at radius 2 is 1.81 bits per heavy atom. The summed E-state index contributed by atoms with van der Waals surface area (Å²) in [6.07, 6.45) is 1.91. The molecule has 0 radical (unpaired) electrons. The van der Waals surface area contributed by atoms with Crippen LogP contribution in [0.4, 0.5) is 0 Å². The van der Waals surface area contributed by atoms with E-state index >= 15 is 0 Å². The lowest BCUT2D eigenvalue weighted by molar-refractivity contribution is 0.0972. The van der Waals surface area contributed by atoms with Crippen LogP contribution in [0.15, 0.2) is 48.7 Å². The van der Waals surface area contributed by atoms with Gasteiger partial charge in [-0.05, 0) is 31.5 Å². The van der Waals surface area contributed by atoms with Crippen LogP contribution in [0.25, 0.3) is 11.4 Å². The molecule has 4 heteroatoms. The molecule has 1 aromatic carbocycles. The van der Waals surface area contributed by atoms with Crippen LogP contribution in [0, 0.1) is 13.8 Å². The Morgan fingerprint density at radius 1 is 1.10 bits per heavy atom. The van der Waals surface area contributed by atoms with E-state index in [1.54, 1.807) is 0 Å². The Balaban J connectivity index is 0.00000161. The van der Waals surface area contributed by atoms with Crippen molar-refractivity contribution >= 4 is 18.2 Å². The number of pyridine rings is 1. The third-order valence-electron chi connectivity index (χ3n) is 3.67. The minimum Gasteiger partial charge on any atom is -0.325 e. The van der Waals surface area contributed by atoms with Gasteiger partial charge in [0.2, 0.25) is 0 Å². The molecule has 0 amide bonds. The topological polar surface area (TPSA) is 34.9 Å². The van der Waals surface area contributed by atoms with Gasteiger partial charge in [-0.1, -0.05) is 30.3 Å². The van der Waals surface area contributed by atoms with Gasteiger partial charge in [0.05, 0.1) is 6.54 Å². The summed E-state index contributed by atoms with van der Waals surface area (Å²) in [6, 6.07) is 13.4. The van der Waals surface area contributed by atoms with Gasteiger partial charge in [-0.2, -0.15) is 0 Å². The standard InChI is InChI=1S/C17H16N2O.ClH/c1-12-13(2)18-17-15(12)9-6-10-19(17)11-16(20)14-7-4-3-5-8-14;/h3-10H,11H2,1-2H3;1H. The fourth-order valence-electron chi connectivity index (χ4n) is 2.40. The lowest BCUT2D eigenvalue weighted by Crippen LogP contribution is -2.12. The summed E-state index contributed by atoms with van der Waals surface area (Å²) < 4.78 is 1.92. The number of aryl methyl sites for hydroxylation is 1. The van der Waals surface area contributed by atoms with Crippen LogP contribution in [0.3, 0.4) is 0 Å². The molecule has 2 aliphatic rings. The Kier molecular flexibility index (Phi) is 4.43. The van der Waals surface area contributed by atoms with Gasteiger partial charge in [-0.3, -0.25) is 4.79 Å². The highest BCUT2D eigenvalue weighted by atomic mass is 35.5. The molecule has 3 rings (SSSR count). The molecule has 0 saturated carbocycles. The van der Waals surface area contributed by atoms with Gasteiger partial charge in [0.1, 0.15) is 5.82 Å². The van der Waals surface area contributed by atoms with Crippen molar-refractivity contribution in [1.82, 2.24) is 9.55 Å². The molecule has 3 nitrogen and oxygen atoms in total. The summed E-state index contributed by atoms with van der Waals surface area (Å²) in [5, 5.41) is 0. The third kappa shape index (κ3) is 2.83. The van der Waals surface area contributed by atoms with Gasteiger partial charge in [0.15, 0.2) is 5.78 Å². The maximum absolute atomic E-state index is 12.3. The number of hydrogen-bond donors (Lipinski definition) is 0. The Morgan fingerprint density at radius 3 is 2.52 bits per heavy atom. The van der Waals surface area contributed by atoms with E-state index in [1.165, 1.54) is 5.56 Å². The summed E-state index contributed by atoms with van der Waals surface area (Å²) in [5.41, 5.74) is 4.05. The first-order chi connectivity index (χ1) is 9.66. The van der Waals surface area contributed by atoms with Gasteiger partial charge in [-0.15, -0.1) is 12.4 Å². The van der Waals surface area contributed by atoms with E-state index < -0.39 is 0 Å². The summed E-state index contributed by atoms with van der Waals surface area (Å²) in [5.74, 6) is 0.980. The predicted molar refractivity (Wildman–Crippen MR) is 86.3 cm³/mol. The van der Waals surface area contributed by atoms with Crippen LogP contribution in [-0.2, 0) is 6.54 Å². The zero-order valence-electron chi connectivity index (χ0n) is 12.0. The van der Waals surface area contributed by atoms with Crippen LogP contribution in [0.1, 0.15) is 21.6 Å². The average molecular weight is 301 g/mol. The lowest BCUT2D eigenvalue weighted by atomic mass is 10.1. The van der Waals surface area contributed by atoms with E-state index in [0.29, 0.717) is 6.54 Å². The number of rotatable bonds is 3. The molecule has 0 unspecified atom stereocenters. The Labute approximate surface area is 130 Å². The van der Waals surface area contributed by atoms with E-state index in [2.05, 4.69) is 11.9 Å². The highest BCUT2D eigenvalue weighted by Crippen LogP contribution is 2.27. The summed E-state index contributed by atoms with van der Waals surface area (Å²) in [6.45, 7) is 4.38. The van der Waals surface area contributed by atoms with Gasteiger partial charge < -0.3 is 4.57 Å². The zero-order valence-corrected chi connectivity index (χ0v) is 12.9. The zero-order chi connectivity index (χ0) is 14.1. The quantitative estimate of drug-likeness (QED) is 0.687. The second-order valence-electron chi connectivity index (χ2n) is 4.98. The number of benzene rings is 1. The van der Waals surface area contributed by atoms with Gasteiger partial charge in [0, 0.05) is 23.0 Å². The van der Waals surface area contributed by atoms with Crippen LogP contribution in [0.2, 0.25) is 0 Å². The molecule has 1 aromatic rings. The second kappa shape index (κ2) is 6.10. The number of carbonyl (C=O) groups excluding carboxylic acids is 1. The van der Waals surface area contributed by atoms with E-state index in [-0.39, 0.29) is 18.2 Å². The van der Waals surface area contributed by atoms with E-state index in [9.17, 15) is 4.79 Å². The van der Waals surface area contributed by atoms with Crippen molar-refractivity contribution in [2.45, 2.75) is 20.4 Å². The van der Waals surface area contributed by atoms with Crippen LogP contribution in [0.5, 0.6) is 0 Å². The van der Waals surface area contributed by atoms with Gasteiger partial charge >= 0.3 is 0 Å². The normalized spacial score (nSPS) is 10.4. The molecule has 0 atom stereocenters. The summed E-state index contributed by atoms with van der Waals surface area (Å²) in [7, 11) is 0.